The lowest BCUT2D eigenvalue weighted by Crippen LogP contribution is -2.33. The summed E-state index contributed by atoms with van der Waals surface area (Å²) in [7, 11) is 0. The van der Waals surface area contributed by atoms with E-state index >= 15 is 0 Å². The zero-order valence-electron chi connectivity index (χ0n) is 18.9. The minimum absolute atomic E-state index is 0.0112. The molecule has 1 amide bonds. The van der Waals surface area contributed by atoms with Crippen LogP contribution >= 0.6 is 0 Å². The van der Waals surface area contributed by atoms with Crippen molar-refractivity contribution in [3.8, 4) is 17.2 Å². The number of hydrogen-bond donors (Lipinski definition) is 1. The highest BCUT2D eigenvalue weighted by atomic mass is 16.7. The highest BCUT2D eigenvalue weighted by Crippen LogP contribution is 2.41. The second-order valence-corrected chi connectivity index (χ2v) is 7.99. The SMILES string of the molecule is CCOc1cccc(C2/C(=C(/O)c3ccc4c(c3)OCO4)C(=O)C(=O)N2CCOC(C)C)c1. The molecular weight excluding hydrogens is 426 g/mol. The fraction of sp³-hybridized carbons (Fsp3) is 0.360. The molecule has 8 nitrogen and oxygen atoms in total. The van der Waals surface area contributed by atoms with Gasteiger partial charge in [-0.05, 0) is 56.7 Å². The summed E-state index contributed by atoms with van der Waals surface area (Å²) < 4.78 is 22.0. The molecule has 2 aliphatic rings. The van der Waals surface area contributed by atoms with E-state index < -0.39 is 17.7 Å². The van der Waals surface area contributed by atoms with Crippen LogP contribution in [0, 0.1) is 0 Å². The second-order valence-electron chi connectivity index (χ2n) is 7.99. The minimum Gasteiger partial charge on any atom is -0.507 e. The zero-order valence-corrected chi connectivity index (χ0v) is 18.9. The van der Waals surface area contributed by atoms with Gasteiger partial charge in [0.25, 0.3) is 11.7 Å². The van der Waals surface area contributed by atoms with Gasteiger partial charge in [0.2, 0.25) is 6.79 Å². The molecule has 0 saturated carbocycles. The molecule has 1 saturated heterocycles. The summed E-state index contributed by atoms with van der Waals surface area (Å²) in [5.41, 5.74) is 1.03. The van der Waals surface area contributed by atoms with E-state index in [0.29, 0.717) is 35.0 Å². The van der Waals surface area contributed by atoms with Crippen LogP contribution in [0.25, 0.3) is 5.76 Å². The maximum Gasteiger partial charge on any atom is 0.295 e. The molecule has 2 aliphatic heterocycles. The quantitative estimate of drug-likeness (QED) is 0.370. The van der Waals surface area contributed by atoms with E-state index in [1.807, 2.05) is 26.8 Å². The van der Waals surface area contributed by atoms with E-state index in [-0.39, 0.29) is 37.4 Å². The average molecular weight is 453 g/mol. The number of Topliss-reactive ketones (excluding diaryl/α,β-unsaturated/α-hetero) is 1. The van der Waals surface area contributed by atoms with Crippen LogP contribution in [0.3, 0.4) is 0 Å². The molecule has 0 aliphatic carbocycles. The molecule has 1 atom stereocenters. The molecule has 0 bridgehead atoms. The van der Waals surface area contributed by atoms with Gasteiger partial charge in [-0.2, -0.15) is 0 Å². The molecule has 8 heteroatoms. The van der Waals surface area contributed by atoms with Gasteiger partial charge in [-0.15, -0.1) is 0 Å². The molecule has 33 heavy (non-hydrogen) atoms. The number of carbonyl (C=O) groups excluding carboxylic acids is 2. The first kappa shape index (κ1) is 22.7. The third kappa shape index (κ3) is 4.52. The van der Waals surface area contributed by atoms with Crippen LogP contribution in [0.1, 0.15) is 37.9 Å². The van der Waals surface area contributed by atoms with E-state index in [9.17, 15) is 14.7 Å². The van der Waals surface area contributed by atoms with Crippen molar-refractivity contribution >= 4 is 17.4 Å². The first-order valence-electron chi connectivity index (χ1n) is 10.9. The number of carbonyl (C=O) groups is 2. The summed E-state index contributed by atoms with van der Waals surface area (Å²) in [4.78, 5) is 27.6. The monoisotopic (exact) mass is 453 g/mol. The van der Waals surface area contributed by atoms with Crippen molar-refractivity contribution in [3.63, 3.8) is 0 Å². The predicted octanol–water partition coefficient (Wildman–Crippen LogP) is 3.66. The summed E-state index contributed by atoms with van der Waals surface area (Å²) in [6.07, 6.45) is -0.0183. The van der Waals surface area contributed by atoms with E-state index in [0.717, 1.165) is 0 Å². The van der Waals surface area contributed by atoms with Crippen LogP contribution in [-0.2, 0) is 14.3 Å². The average Bonchev–Trinajstić information content (AvgIpc) is 3.36. The topological polar surface area (TPSA) is 94.5 Å². The van der Waals surface area contributed by atoms with E-state index in [1.165, 1.54) is 4.90 Å². The number of rotatable bonds is 8. The lowest BCUT2D eigenvalue weighted by atomic mass is 9.95. The maximum atomic E-state index is 13.1. The van der Waals surface area contributed by atoms with Gasteiger partial charge in [-0.25, -0.2) is 0 Å². The molecule has 2 aromatic carbocycles. The number of hydrogen-bond acceptors (Lipinski definition) is 7. The Labute approximate surface area is 192 Å². The van der Waals surface area contributed by atoms with Crippen molar-refractivity contribution in [1.82, 2.24) is 4.90 Å². The molecule has 4 rings (SSSR count). The zero-order chi connectivity index (χ0) is 23.5. The Morgan fingerprint density at radius 3 is 2.70 bits per heavy atom. The number of aliphatic hydroxyl groups is 1. The molecule has 0 spiro atoms. The van der Waals surface area contributed by atoms with Gasteiger partial charge in [0.15, 0.2) is 11.5 Å². The van der Waals surface area contributed by atoms with Gasteiger partial charge >= 0.3 is 0 Å². The predicted molar refractivity (Wildman–Crippen MR) is 120 cm³/mol. The maximum absolute atomic E-state index is 13.1. The number of likely N-dealkylation sites (tertiary alicyclic amines) is 1. The molecule has 2 heterocycles. The smallest absolute Gasteiger partial charge is 0.295 e. The van der Waals surface area contributed by atoms with Gasteiger partial charge in [-0.3, -0.25) is 9.59 Å². The Bertz CT molecular complexity index is 1090. The van der Waals surface area contributed by atoms with Crippen molar-refractivity contribution in [2.75, 3.05) is 26.6 Å². The van der Waals surface area contributed by atoms with Crippen LogP contribution < -0.4 is 14.2 Å². The standard InChI is InChI=1S/C25H27NO7/c1-4-30-18-7-5-6-16(12-18)22-21(24(28)25(29)26(22)10-11-31-15(2)3)23(27)17-8-9-19-20(13-17)33-14-32-19/h5-9,12-13,15,22,27H,4,10-11,14H2,1-3H3/b23-21-. The van der Waals surface area contributed by atoms with Gasteiger partial charge < -0.3 is 29.0 Å². The minimum atomic E-state index is -0.786. The summed E-state index contributed by atoms with van der Waals surface area (Å²) in [6.45, 7) is 6.70. The number of nitrogens with zero attached hydrogens (tertiary/aromatic N) is 1. The number of ether oxygens (including phenoxy) is 4. The Morgan fingerprint density at radius 2 is 1.94 bits per heavy atom. The molecular formula is C25H27NO7. The summed E-state index contributed by atoms with van der Waals surface area (Å²) in [5, 5.41) is 11.2. The molecule has 2 aromatic rings. The van der Waals surface area contributed by atoms with Gasteiger partial charge in [0.1, 0.15) is 11.5 Å². The fourth-order valence-electron chi connectivity index (χ4n) is 3.98. The molecule has 0 radical (unpaired) electrons. The van der Waals surface area contributed by atoms with Crippen LogP contribution in [0.4, 0.5) is 0 Å². The third-order valence-electron chi connectivity index (χ3n) is 5.45. The number of ketones is 1. The normalized spacial score (nSPS) is 18.9. The fourth-order valence-corrected chi connectivity index (χ4v) is 3.98. The lowest BCUT2D eigenvalue weighted by Gasteiger charge is -2.26. The van der Waals surface area contributed by atoms with E-state index in [4.69, 9.17) is 18.9 Å². The van der Waals surface area contributed by atoms with Gasteiger partial charge in [0, 0.05) is 12.1 Å². The Kier molecular flexibility index (Phi) is 6.55. The number of amides is 1. The first-order valence-corrected chi connectivity index (χ1v) is 10.9. The largest absolute Gasteiger partial charge is 0.507 e. The number of benzene rings is 2. The molecule has 174 valence electrons. The van der Waals surface area contributed by atoms with Crippen molar-refractivity contribution in [2.24, 2.45) is 0 Å². The Hall–Kier alpha value is -3.52. The van der Waals surface area contributed by atoms with Gasteiger partial charge in [-0.1, -0.05) is 12.1 Å². The molecule has 1 N–H and O–H groups in total. The second kappa shape index (κ2) is 9.54. The van der Waals surface area contributed by atoms with Crippen LogP contribution in [0.15, 0.2) is 48.0 Å². The Morgan fingerprint density at radius 1 is 1.15 bits per heavy atom. The summed E-state index contributed by atoms with van der Waals surface area (Å²) in [6, 6.07) is 11.3. The van der Waals surface area contributed by atoms with Crippen LogP contribution in [-0.4, -0.2) is 54.4 Å². The van der Waals surface area contributed by atoms with Crippen molar-refractivity contribution < 1.29 is 33.6 Å². The van der Waals surface area contributed by atoms with Crippen molar-refractivity contribution in [3.05, 3.63) is 59.2 Å². The van der Waals surface area contributed by atoms with Crippen LogP contribution in [0.5, 0.6) is 17.2 Å². The van der Waals surface area contributed by atoms with Crippen molar-refractivity contribution in [2.45, 2.75) is 32.9 Å². The molecule has 1 fully saturated rings. The van der Waals surface area contributed by atoms with E-state index in [1.54, 1.807) is 36.4 Å². The third-order valence-corrected chi connectivity index (χ3v) is 5.45. The summed E-state index contributed by atoms with van der Waals surface area (Å²) in [5.74, 6) is -0.0712. The summed E-state index contributed by atoms with van der Waals surface area (Å²) >= 11 is 0. The number of fused-ring (bicyclic) bond motifs is 1. The highest BCUT2D eigenvalue weighted by Gasteiger charge is 2.46. The number of aliphatic hydroxyl groups excluding tert-OH is 1. The van der Waals surface area contributed by atoms with Crippen LogP contribution in [0.2, 0.25) is 0 Å². The van der Waals surface area contributed by atoms with Gasteiger partial charge in [0.05, 0.1) is 30.9 Å². The Balaban J connectivity index is 1.79. The molecule has 1 unspecified atom stereocenters. The van der Waals surface area contributed by atoms with E-state index in [2.05, 4.69) is 0 Å². The first-order chi connectivity index (χ1) is 15.9. The lowest BCUT2D eigenvalue weighted by molar-refractivity contribution is -0.140. The van der Waals surface area contributed by atoms with Crippen molar-refractivity contribution in [1.29, 1.82) is 0 Å². The highest BCUT2D eigenvalue weighted by molar-refractivity contribution is 6.46. The molecule has 0 aromatic heterocycles.